The van der Waals surface area contributed by atoms with Crippen LogP contribution in [0.3, 0.4) is 0 Å². The van der Waals surface area contributed by atoms with Crippen molar-refractivity contribution in [1.29, 1.82) is 0 Å². The summed E-state index contributed by atoms with van der Waals surface area (Å²) in [5.74, 6) is -5.90. The second kappa shape index (κ2) is 8.09. The number of carbonyl (C=O) groups excluding carboxylic acids is 2. The average Bonchev–Trinajstić information content (AvgIpc) is 3.48. The maximum atomic E-state index is 12.7. The molecule has 0 saturated heterocycles. The summed E-state index contributed by atoms with van der Waals surface area (Å²) in [5, 5.41) is 13.5. The molecular formula is C17H17F3N6O4S. The summed E-state index contributed by atoms with van der Waals surface area (Å²) in [4.78, 5) is 28.2. The van der Waals surface area contributed by atoms with E-state index >= 15 is 0 Å². The zero-order valence-electron chi connectivity index (χ0n) is 18.7. The molecule has 2 heterocycles. The van der Waals surface area contributed by atoms with E-state index in [0.717, 1.165) is 12.3 Å². The molecule has 1 fully saturated rings. The van der Waals surface area contributed by atoms with Crippen molar-refractivity contribution < 1.29 is 35.3 Å². The topological polar surface area (TPSA) is 143 Å². The number of aromatic nitrogens is 3. The number of carbonyl (C=O) groups is 2. The smallest absolute Gasteiger partial charge is 0.354 e. The lowest BCUT2D eigenvalue weighted by molar-refractivity contribution is -0.153. The third-order valence-electron chi connectivity index (χ3n) is 4.34. The number of rotatable bonds is 6. The van der Waals surface area contributed by atoms with E-state index < -0.39 is 58.8 Å². The molecular weight excluding hydrogens is 441 g/mol. The van der Waals surface area contributed by atoms with Crippen LogP contribution in [0, 0.1) is 11.8 Å². The number of nitrogens with one attached hydrogen (secondary N) is 3. The molecule has 31 heavy (non-hydrogen) atoms. The van der Waals surface area contributed by atoms with Crippen LogP contribution >= 0.6 is 0 Å². The Bertz CT molecular complexity index is 1240. The highest BCUT2D eigenvalue weighted by atomic mass is 32.2. The zero-order chi connectivity index (χ0) is 25.5. The Balaban J connectivity index is 1.95. The minimum Gasteiger partial charge on any atom is -0.354 e. The molecule has 1 unspecified atom stereocenters. The molecule has 2 atom stereocenters. The molecule has 0 spiro atoms. The number of alkyl halides is 3. The maximum absolute atomic E-state index is 12.7. The lowest BCUT2D eigenvalue weighted by atomic mass is 10.2. The molecule has 1 aliphatic carbocycles. The van der Waals surface area contributed by atoms with Crippen molar-refractivity contribution in [2.75, 3.05) is 23.9 Å². The van der Waals surface area contributed by atoms with Crippen LogP contribution in [0.25, 0.3) is 0 Å². The lowest BCUT2D eigenvalue weighted by Crippen LogP contribution is -2.23. The fourth-order valence-electron chi connectivity index (χ4n) is 2.75. The van der Waals surface area contributed by atoms with Gasteiger partial charge in [0.25, 0.3) is 5.91 Å². The molecule has 3 rings (SSSR count). The second-order valence-corrected chi connectivity index (χ2v) is 8.66. The van der Waals surface area contributed by atoms with Crippen molar-refractivity contribution >= 4 is 39.0 Å². The molecule has 1 aliphatic rings. The van der Waals surface area contributed by atoms with Gasteiger partial charge in [-0.05, 0) is 18.6 Å². The summed E-state index contributed by atoms with van der Waals surface area (Å²) < 4.78 is 83.8. The quantitative estimate of drug-likeness (QED) is 0.588. The largest absolute Gasteiger partial charge is 0.392 e. The van der Waals surface area contributed by atoms with Gasteiger partial charge in [0.2, 0.25) is 5.91 Å². The predicted molar refractivity (Wildman–Crippen MR) is 102 cm³/mol. The maximum Gasteiger partial charge on any atom is 0.392 e. The number of pyridine rings is 1. The molecule has 0 radical (unpaired) electrons. The van der Waals surface area contributed by atoms with Crippen molar-refractivity contribution in [3.63, 3.8) is 0 Å². The first-order valence-electron chi connectivity index (χ1n) is 10.1. The summed E-state index contributed by atoms with van der Waals surface area (Å²) in [6.07, 6.45) is -2.78. The van der Waals surface area contributed by atoms with Crippen molar-refractivity contribution in [3.8, 4) is 0 Å². The van der Waals surface area contributed by atoms with Crippen LogP contribution in [0.4, 0.5) is 30.5 Å². The van der Waals surface area contributed by atoms with E-state index in [4.69, 9.17) is 4.11 Å². The summed E-state index contributed by atoms with van der Waals surface area (Å²) >= 11 is 0. The first kappa shape index (κ1) is 18.5. The van der Waals surface area contributed by atoms with Gasteiger partial charge in [0.15, 0.2) is 21.3 Å². The average molecular weight is 461 g/mol. The highest BCUT2D eigenvalue weighted by Crippen LogP contribution is 2.50. The fraction of sp³-hybridized carbons (Fsp3) is 0.353. The van der Waals surface area contributed by atoms with Gasteiger partial charge >= 0.3 is 6.18 Å². The molecule has 2 aromatic rings. The van der Waals surface area contributed by atoms with Crippen LogP contribution < -0.4 is 16.0 Å². The molecule has 3 N–H and O–H groups in total. The van der Waals surface area contributed by atoms with Crippen LogP contribution in [0.15, 0.2) is 29.3 Å². The van der Waals surface area contributed by atoms with Crippen LogP contribution in [-0.4, -0.2) is 54.8 Å². The van der Waals surface area contributed by atoms with Crippen LogP contribution in [-0.2, 0) is 14.6 Å². The van der Waals surface area contributed by atoms with Crippen molar-refractivity contribution in [1.82, 2.24) is 20.5 Å². The number of hydrogen-bond donors (Lipinski definition) is 3. The Hall–Kier alpha value is -3.29. The monoisotopic (exact) mass is 461 g/mol. The van der Waals surface area contributed by atoms with Gasteiger partial charge in [0.05, 0.1) is 17.5 Å². The zero-order valence-corrected chi connectivity index (χ0v) is 16.5. The number of nitrogens with zero attached hydrogens (tertiary/aromatic N) is 3. The molecule has 2 aromatic heterocycles. The predicted octanol–water partition coefficient (Wildman–Crippen LogP) is 1.52. The standard InChI is InChI=1S/C17H17F3N6O4S/c1-21-16(28)13-10(23-14-11(31(2,29)30)4-3-5-22-14)7-12(25-26-13)24-15(27)8-6-9(8)17(18,19)20/h3-5,7-9H,6H2,1-2H3,(H,21,28)(H2,22,23,24,25,27)/t8?,9-/m0/s1/i1D3. The normalized spacial score (nSPS) is 20.1. The summed E-state index contributed by atoms with van der Waals surface area (Å²) in [5.41, 5.74) is -0.905. The SMILES string of the molecule is [2H]C([2H])([2H])NC(=O)c1nnc(NC(=O)C2C[C@@H]2C(F)(F)F)cc1Nc1ncccc1S(C)(=O)=O. The van der Waals surface area contributed by atoms with Gasteiger partial charge in [-0.3, -0.25) is 9.59 Å². The lowest BCUT2D eigenvalue weighted by Gasteiger charge is -2.13. The first-order chi connectivity index (χ1) is 15.6. The summed E-state index contributed by atoms with van der Waals surface area (Å²) in [6, 6.07) is 3.55. The van der Waals surface area contributed by atoms with Gasteiger partial charge in [-0.25, -0.2) is 13.4 Å². The first-order valence-corrected chi connectivity index (χ1v) is 10.5. The van der Waals surface area contributed by atoms with Gasteiger partial charge in [-0.15, -0.1) is 10.2 Å². The summed E-state index contributed by atoms with van der Waals surface area (Å²) in [7, 11) is -3.80. The number of anilines is 3. The van der Waals surface area contributed by atoms with Crippen molar-refractivity contribution in [3.05, 3.63) is 30.1 Å². The van der Waals surface area contributed by atoms with Crippen LogP contribution in [0.5, 0.6) is 0 Å². The fourth-order valence-corrected chi connectivity index (χ4v) is 3.53. The van der Waals surface area contributed by atoms with Gasteiger partial charge in [0, 0.05) is 29.6 Å². The molecule has 14 heteroatoms. The van der Waals surface area contributed by atoms with Crippen LogP contribution in [0.1, 0.15) is 21.0 Å². The van der Waals surface area contributed by atoms with E-state index in [-0.39, 0.29) is 22.2 Å². The second-order valence-electron chi connectivity index (χ2n) is 6.67. The minimum atomic E-state index is -4.53. The number of halogens is 3. The van der Waals surface area contributed by atoms with Crippen LogP contribution in [0.2, 0.25) is 0 Å². The highest BCUT2D eigenvalue weighted by Gasteiger charge is 2.58. The van der Waals surface area contributed by atoms with E-state index in [0.29, 0.717) is 0 Å². The summed E-state index contributed by atoms with van der Waals surface area (Å²) in [6.45, 7) is -2.90. The van der Waals surface area contributed by atoms with E-state index in [1.165, 1.54) is 18.3 Å². The van der Waals surface area contributed by atoms with Gasteiger partial charge < -0.3 is 16.0 Å². The van der Waals surface area contributed by atoms with Gasteiger partial charge in [-0.1, -0.05) is 0 Å². The Kier molecular flexibility index (Phi) is 4.82. The van der Waals surface area contributed by atoms with E-state index in [1.54, 1.807) is 5.32 Å². The van der Waals surface area contributed by atoms with Crippen molar-refractivity contribution in [2.45, 2.75) is 17.5 Å². The number of amides is 2. The van der Waals surface area contributed by atoms with E-state index in [2.05, 4.69) is 25.8 Å². The molecule has 0 aromatic carbocycles. The van der Waals surface area contributed by atoms with Gasteiger partial charge in [-0.2, -0.15) is 13.2 Å². The Morgan fingerprint density at radius 1 is 1.29 bits per heavy atom. The molecule has 1 saturated carbocycles. The third-order valence-corrected chi connectivity index (χ3v) is 5.47. The Morgan fingerprint density at radius 2 is 2.03 bits per heavy atom. The van der Waals surface area contributed by atoms with E-state index in [9.17, 15) is 31.2 Å². The minimum absolute atomic E-state index is 0.252. The molecule has 0 bridgehead atoms. The highest BCUT2D eigenvalue weighted by molar-refractivity contribution is 7.90. The van der Waals surface area contributed by atoms with Crippen molar-refractivity contribution in [2.24, 2.45) is 11.8 Å². The van der Waals surface area contributed by atoms with E-state index in [1.807, 2.05) is 0 Å². The molecule has 166 valence electrons. The third kappa shape index (κ3) is 5.07. The number of sulfone groups is 1. The Labute approximate surface area is 178 Å². The molecule has 10 nitrogen and oxygen atoms in total. The Morgan fingerprint density at radius 3 is 2.65 bits per heavy atom. The molecule has 2 amide bonds. The van der Waals surface area contributed by atoms with Gasteiger partial charge in [0.1, 0.15) is 10.7 Å². The molecule has 0 aliphatic heterocycles. The number of hydrogen-bond acceptors (Lipinski definition) is 8.